The van der Waals surface area contributed by atoms with Gasteiger partial charge in [-0.2, -0.15) is 5.10 Å². The molecule has 2 fully saturated rings. The number of aromatic nitrogens is 5. The van der Waals surface area contributed by atoms with Gasteiger partial charge in [-0.25, -0.2) is 19.4 Å². The van der Waals surface area contributed by atoms with E-state index in [9.17, 15) is 4.79 Å². The number of ether oxygens (including phenoxy) is 1. The molecule has 3 N–H and O–H groups in total. The molecule has 0 spiro atoms. The van der Waals surface area contributed by atoms with Crippen LogP contribution in [-0.2, 0) is 4.74 Å². The van der Waals surface area contributed by atoms with E-state index >= 15 is 0 Å². The number of nitrogens with zero attached hydrogens (tertiary/aromatic N) is 6. The van der Waals surface area contributed by atoms with Gasteiger partial charge < -0.3 is 24.8 Å². The third-order valence-electron chi connectivity index (χ3n) is 6.48. The predicted molar refractivity (Wildman–Crippen MR) is 134 cm³/mol. The van der Waals surface area contributed by atoms with Crippen molar-refractivity contribution < 1.29 is 14.1 Å². The highest BCUT2D eigenvalue weighted by molar-refractivity contribution is 5.99. The van der Waals surface area contributed by atoms with Crippen molar-refractivity contribution in [2.75, 3.05) is 54.9 Å². The number of hydrogen-bond donors (Lipinski definition) is 3. The van der Waals surface area contributed by atoms with Gasteiger partial charge in [-0.05, 0) is 50.2 Å². The van der Waals surface area contributed by atoms with E-state index in [1.807, 2.05) is 30.5 Å². The molecule has 12 nitrogen and oxygen atoms in total. The van der Waals surface area contributed by atoms with E-state index in [4.69, 9.17) is 24.3 Å². The minimum absolute atomic E-state index is 0.304. The number of morpholine rings is 1. The van der Waals surface area contributed by atoms with Crippen LogP contribution in [0.25, 0.3) is 22.4 Å². The van der Waals surface area contributed by atoms with Gasteiger partial charge in [0.15, 0.2) is 17.3 Å². The van der Waals surface area contributed by atoms with E-state index in [1.54, 1.807) is 6.07 Å². The molecule has 2 amide bonds. The number of carbonyl (C=O) groups is 1. The van der Waals surface area contributed by atoms with E-state index < -0.39 is 6.03 Å². The lowest BCUT2D eigenvalue weighted by Gasteiger charge is -2.28. The topological polar surface area (TPSA) is 135 Å². The normalized spacial score (nSPS) is 16.8. The van der Waals surface area contributed by atoms with Gasteiger partial charge in [-0.15, -0.1) is 0 Å². The van der Waals surface area contributed by atoms with Crippen LogP contribution in [-0.4, -0.2) is 70.3 Å². The standard InChI is InChI=1S/C24H27N9O3/c34-24(28-20-7-12-36-31-20)27-17-3-1-16(2-4-17)21-29-22(32-10-13-35-14-11-32)19-15-26-33(23(19)30-21)18-5-8-25-9-6-18/h1-4,7,12,15,18,25H,5-6,8-11,13-14H2,(H2,27,28,31,34). The molecule has 3 aromatic heterocycles. The van der Waals surface area contributed by atoms with Gasteiger partial charge in [-0.1, -0.05) is 5.16 Å². The Morgan fingerprint density at radius 2 is 1.83 bits per heavy atom. The molecule has 2 aliphatic rings. The summed E-state index contributed by atoms with van der Waals surface area (Å²) >= 11 is 0. The highest BCUT2D eigenvalue weighted by Crippen LogP contribution is 2.31. The maximum Gasteiger partial charge on any atom is 0.324 e. The summed E-state index contributed by atoms with van der Waals surface area (Å²) in [5.74, 6) is 1.85. The van der Waals surface area contributed by atoms with Crippen molar-refractivity contribution >= 4 is 34.4 Å². The van der Waals surface area contributed by atoms with Crippen molar-refractivity contribution in [1.82, 2.24) is 30.2 Å². The maximum absolute atomic E-state index is 12.2. The Hall–Kier alpha value is -4.03. The van der Waals surface area contributed by atoms with E-state index in [-0.39, 0.29) is 0 Å². The number of amides is 2. The van der Waals surface area contributed by atoms with E-state index in [0.717, 1.165) is 61.4 Å². The molecule has 186 valence electrons. The molecular formula is C24H27N9O3. The molecule has 36 heavy (non-hydrogen) atoms. The Morgan fingerprint density at radius 1 is 1.03 bits per heavy atom. The highest BCUT2D eigenvalue weighted by atomic mass is 16.5. The number of anilines is 3. The van der Waals surface area contributed by atoms with Crippen molar-refractivity contribution in [3.05, 3.63) is 42.8 Å². The van der Waals surface area contributed by atoms with Gasteiger partial charge in [0.1, 0.15) is 12.1 Å². The second kappa shape index (κ2) is 9.91. The van der Waals surface area contributed by atoms with Gasteiger partial charge in [0.05, 0.1) is 30.8 Å². The molecule has 6 rings (SSSR count). The zero-order valence-electron chi connectivity index (χ0n) is 19.7. The summed E-state index contributed by atoms with van der Waals surface area (Å²) in [6.45, 7) is 4.82. The summed E-state index contributed by atoms with van der Waals surface area (Å²) in [7, 11) is 0. The number of fused-ring (bicyclic) bond motifs is 1. The largest absolute Gasteiger partial charge is 0.378 e. The second-order valence-corrected chi connectivity index (χ2v) is 8.82. The van der Waals surface area contributed by atoms with Crippen molar-refractivity contribution in [2.45, 2.75) is 18.9 Å². The van der Waals surface area contributed by atoms with Crippen LogP contribution in [0.3, 0.4) is 0 Å². The molecule has 2 aliphatic heterocycles. The Kier molecular flexibility index (Phi) is 6.18. The highest BCUT2D eigenvalue weighted by Gasteiger charge is 2.24. The molecule has 0 radical (unpaired) electrons. The quantitative estimate of drug-likeness (QED) is 0.387. The van der Waals surface area contributed by atoms with Gasteiger partial charge in [0, 0.05) is 30.4 Å². The first-order valence-electron chi connectivity index (χ1n) is 12.1. The number of hydrogen-bond acceptors (Lipinski definition) is 9. The van der Waals surface area contributed by atoms with Gasteiger partial charge in [0.2, 0.25) is 0 Å². The van der Waals surface area contributed by atoms with Crippen molar-refractivity contribution in [2.24, 2.45) is 0 Å². The van der Waals surface area contributed by atoms with Crippen LogP contribution >= 0.6 is 0 Å². The Morgan fingerprint density at radius 3 is 2.58 bits per heavy atom. The van der Waals surface area contributed by atoms with Crippen LogP contribution in [0.2, 0.25) is 0 Å². The summed E-state index contributed by atoms with van der Waals surface area (Å²) in [6, 6.07) is 8.92. The van der Waals surface area contributed by atoms with Crippen LogP contribution in [0.5, 0.6) is 0 Å². The summed E-state index contributed by atoms with van der Waals surface area (Å²) in [6.07, 6.45) is 5.31. The number of piperidine rings is 1. The smallest absolute Gasteiger partial charge is 0.324 e. The Labute approximate surface area is 207 Å². The minimum Gasteiger partial charge on any atom is -0.378 e. The first kappa shape index (κ1) is 22.4. The molecule has 12 heteroatoms. The molecule has 5 heterocycles. The fourth-order valence-corrected chi connectivity index (χ4v) is 4.63. The zero-order chi connectivity index (χ0) is 24.3. The predicted octanol–water partition coefficient (Wildman–Crippen LogP) is 2.89. The fourth-order valence-electron chi connectivity index (χ4n) is 4.63. The van der Waals surface area contributed by atoms with E-state index in [0.29, 0.717) is 36.6 Å². The van der Waals surface area contributed by atoms with Crippen molar-refractivity contribution in [1.29, 1.82) is 0 Å². The third-order valence-corrected chi connectivity index (χ3v) is 6.48. The Bertz CT molecular complexity index is 1330. The number of urea groups is 1. The lowest BCUT2D eigenvalue weighted by Crippen LogP contribution is -2.37. The molecule has 1 aromatic carbocycles. The van der Waals surface area contributed by atoms with E-state index in [1.165, 1.54) is 6.26 Å². The molecule has 4 aromatic rings. The number of nitrogens with one attached hydrogen (secondary N) is 3. The average Bonchev–Trinajstić information content (AvgIpc) is 3.59. The molecular weight excluding hydrogens is 462 g/mol. The van der Waals surface area contributed by atoms with Crippen molar-refractivity contribution in [3.63, 3.8) is 0 Å². The summed E-state index contributed by atoms with van der Waals surface area (Å²) in [5, 5.41) is 18.2. The molecule has 0 unspecified atom stereocenters. The SMILES string of the molecule is O=C(Nc1ccc(-c2nc(N3CCOCC3)c3cnn(C4CCNCC4)c3n2)cc1)Nc1ccon1. The fraction of sp³-hybridized carbons (Fsp3) is 0.375. The molecule has 0 bridgehead atoms. The summed E-state index contributed by atoms with van der Waals surface area (Å²) in [5.41, 5.74) is 2.34. The number of rotatable bonds is 5. The van der Waals surface area contributed by atoms with E-state index in [2.05, 4.69) is 30.7 Å². The lowest BCUT2D eigenvalue weighted by atomic mass is 10.1. The van der Waals surface area contributed by atoms with Gasteiger partial charge in [-0.3, -0.25) is 5.32 Å². The van der Waals surface area contributed by atoms with Crippen LogP contribution in [0.1, 0.15) is 18.9 Å². The average molecular weight is 490 g/mol. The molecule has 0 atom stereocenters. The zero-order valence-corrected chi connectivity index (χ0v) is 19.7. The van der Waals surface area contributed by atoms with Crippen LogP contribution < -0.4 is 20.9 Å². The monoisotopic (exact) mass is 489 g/mol. The summed E-state index contributed by atoms with van der Waals surface area (Å²) in [4.78, 5) is 24.4. The Balaban J connectivity index is 1.31. The lowest BCUT2D eigenvalue weighted by molar-refractivity contribution is 0.122. The molecule has 0 saturated carbocycles. The molecule has 2 saturated heterocycles. The first-order valence-corrected chi connectivity index (χ1v) is 12.1. The number of carbonyl (C=O) groups excluding carboxylic acids is 1. The van der Waals surface area contributed by atoms with Crippen LogP contribution in [0.15, 0.2) is 47.3 Å². The number of benzene rings is 1. The third kappa shape index (κ3) is 4.60. The van der Waals surface area contributed by atoms with Crippen LogP contribution in [0, 0.1) is 0 Å². The first-order chi connectivity index (χ1) is 17.7. The summed E-state index contributed by atoms with van der Waals surface area (Å²) < 4.78 is 12.4. The maximum atomic E-state index is 12.2. The van der Waals surface area contributed by atoms with Crippen molar-refractivity contribution in [3.8, 4) is 11.4 Å². The van der Waals surface area contributed by atoms with Gasteiger partial charge in [0.25, 0.3) is 0 Å². The second-order valence-electron chi connectivity index (χ2n) is 8.82. The van der Waals surface area contributed by atoms with Crippen LogP contribution in [0.4, 0.5) is 22.1 Å². The minimum atomic E-state index is -0.408. The van der Waals surface area contributed by atoms with Gasteiger partial charge >= 0.3 is 6.03 Å². The molecule has 0 aliphatic carbocycles.